The van der Waals surface area contributed by atoms with E-state index in [1.807, 2.05) is 17.9 Å². The molecule has 0 bridgehead atoms. The summed E-state index contributed by atoms with van der Waals surface area (Å²) in [5.74, 6) is 1.04. The lowest BCUT2D eigenvalue weighted by molar-refractivity contribution is -0.122. The summed E-state index contributed by atoms with van der Waals surface area (Å²) in [4.78, 5) is 28.0. The van der Waals surface area contributed by atoms with Crippen LogP contribution in [0.5, 0.6) is 5.75 Å². The van der Waals surface area contributed by atoms with Gasteiger partial charge in [0.1, 0.15) is 5.75 Å². The number of hydrogen-bond donors (Lipinski definition) is 2. The van der Waals surface area contributed by atoms with Crippen LogP contribution < -0.4 is 15.4 Å². The van der Waals surface area contributed by atoms with Gasteiger partial charge in [-0.15, -0.1) is 0 Å². The summed E-state index contributed by atoms with van der Waals surface area (Å²) < 4.78 is 5.46. The van der Waals surface area contributed by atoms with Crippen LogP contribution in [-0.2, 0) is 4.79 Å². The van der Waals surface area contributed by atoms with Crippen LogP contribution in [0.25, 0.3) is 0 Å². The fourth-order valence-electron chi connectivity index (χ4n) is 3.10. The van der Waals surface area contributed by atoms with E-state index in [1.165, 1.54) is 0 Å². The quantitative estimate of drug-likeness (QED) is 0.778. The molecule has 1 fully saturated rings. The lowest BCUT2D eigenvalue weighted by Gasteiger charge is -2.33. The van der Waals surface area contributed by atoms with E-state index in [2.05, 4.69) is 29.6 Å². The largest absolute Gasteiger partial charge is 0.484 e. The average molecular weight is 362 g/mol. The molecular formula is C19H30N4O3. The molecule has 0 aromatic heterocycles. The maximum absolute atomic E-state index is 12.5. The molecule has 2 rings (SSSR count). The van der Waals surface area contributed by atoms with Crippen LogP contribution in [0.3, 0.4) is 0 Å². The zero-order valence-corrected chi connectivity index (χ0v) is 16.0. The van der Waals surface area contributed by atoms with E-state index in [9.17, 15) is 9.59 Å². The SMILES string of the molecule is CCNC(=O)COc1cccc(NC(=O)N2CCC(CN(C)C)CC2)c1. The fourth-order valence-corrected chi connectivity index (χ4v) is 3.10. The Kier molecular flexibility index (Phi) is 7.72. The molecule has 0 spiro atoms. The Morgan fingerprint density at radius 3 is 2.65 bits per heavy atom. The maximum Gasteiger partial charge on any atom is 0.321 e. The van der Waals surface area contributed by atoms with E-state index in [4.69, 9.17) is 4.74 Å². The van der Waals surface area contributed by atoms with E-state index in [0.29, 0.717) is 23.9 Å². The highest BCUT2D eigenvalue weighted by atomic mass is 16.5. The molecule has 1 saturated heterocycles. The van der Waals surface area contributed by atoms with Gasteiger partial charge in [0.05, 0.1) is 0 Å². The first-order valence-corrected chi connectivity index (χ1v) is 9.18. The number of nitrogens with zero attached hydrogens (tertiary/aromatic N) is 2. The average Bonchev–Trinajstić information content (AvgIpc) is 2.61. The number of urea groups is 1. The molecule has 0 unspecified atom stereocenters. The van der Waals surface area contributed by atoms with Crippen molar-refractivity contribution in [3.05, 3.63) is 24.3 Å². The van der Waals surface area contributed by atoms with Crippen LogP contribution in [0.1, 0.15) is 19.8 Å². The number of benzene rings is 1. The number of piperidine rings is 1. The van der Waals surface area contributed by atoms with Crippen molar-refractivity contribution in [1.29, 1.82) is 0 Å². The van der Waals surface area contributed by atoms with Gasteiger partial charge in [-0.3, -0.25) is 4.79 Å². The first kappa shape index (κ1) is 20.0. The molecule has 3 amide bonds. The normalized spacial score (nSPS) is 15.0. The topological polar surface area (TPSA) is 73.9 Å². The van der Waals surface area contributed by atoms with Crippen LogP contribution in [-0.4, -0.2) is 68.6 Å². The van der Waals surface area contributed by atoms with Gasteiger partial charge in [-0.05, 0) is 51.9 Å². The second-order valence-electron chi connectivity index (χ2n) is 6.89. The number of carbonyl (C=O) groups is 2. The summed E-state index contributed by atoms with van der Waals surface area (Å²) in [5, 5.41) is 5.59. The van der Waals surface area contributed by atoms with Gasteiger partial charge < -0.3 is 25.2 Å². The number of ether oxygens (including phenoxy) is 1. The molecule has 26 heavy (non-hydrogen) atoms. The van der Waals surface area contributed by atoms with Gasteiger partial charge in [-0.2, -0.15) is 0 Å². The minimum atomic E-state index is -0.164. The minimum Gasteiger partial charge on any atom is -0.484 e. The first-order valence-electron chi connectivity index (χ1n) is 9.18. The van der Waals surface area contributed by atoms with Crippen molar-refractivity contribution < 1.29 is 14.3 Å². The van der Waals surface area contributed by atoms with E-state index in [0.717, 1.165) is 32.5 Å². The molecule has 1 aliphatic rings. The number of likely N-dealkylation sites (tertiary alicyclic amines) is 1. The van der Waals surface area contributed by atoms with Crippen molar-refractivity contribution in [2.45, 2.75) is 19.8 Å². The summed E-state index contributed by atoms with van der Waals surface area (Å²) in [6.07, 6.45) is 2.06. The van der Waals surface area contributed by atoms with Gasteiger partial charge >= 0.3 is 6.03 Å². The highest BCUT2D eigenvalue weighted by Gasteiger charge is 2.23. The smallest absolute Gasteiger partial charge is 0.321 e. The van der Waals surface area contributed by atoms with Gasteiger partial charge in [0.15, 0.2) is 6.61 Å². The molecule has 1 aromatic rings. The number of nitrogens with one attached hydrogen (secondary N) is 2. The number of likely N-dealkylation sites (N-methyl/N-ethyl adjacent to an activating group) is 1. The number of carbonyl (C=O) groups excluding carboxylic acids is 2. The van der Waals surface area contributed by atoms with Crippen LogP contribution in [0.2, 0.25) is 0 Å². The molecular weight excluding hydrogens is 332 g/mol. The molecule has 0 atom stereocenters. The summed E-state index contributed by atoms with van der Waals surface area (Å²) >= 11 is 0. The van der Waals surface area contributed by atoms with Crippen LogP contribution in [0, 0.1) is 5.92 Å². The molecule has 7 nitrogen and oxygen atoms in total. The number of anilines is 1. The Labute approximate surface area is 155 Å². The third-order valence-corrected chi connectivity index (χ3v) is 4.35. The predicted octanol–water partition coefficient (Wildman–Crippen LogP) is 2.01. The first-order chi connectivity index (χ1) is 12.5. The highest BCUT2D eigenvalue weighted by Crippen LogP contribution is 2.21. The second-order valence-corrected chi connectivity index (χ2v) is 6.89. The van der Waals surface area contributed by atoms with Gasteiger partial charge in [-0.1, -0.05) is 6.07 Å². The molecule has 0 aliphatic carbocycles. The third kappa shape index (κ3) is 6.55. The van der Waals surface area contributed by atoms with Gasteiger partial charge in [-0.25, -0.2) is 4.79 Å². The van der Waals surface area contributed by atoms with Crippen molar-refractivity contribution in [3.63, 3.8) is 0 Å². The van der Waals surface area contributed by atoms with E-state index < -0.39 is 0 Å². The van der Waals surface area contributed by atoms with Gasteiger partial charge in [0.25, 0.3) is 5.91 Å². The van der Waals surface area contributed by atoms with E-state index in [1.54, 1.807) is 18.2 Å². The summed E-state index contributed by atoms with van der Waals surface area (Å²) in [6.45, 7) is 5.02. The minimum absolute atomic E-state index is 0.0371. The zero-order chi connectivity index (χ0) is 18.9. The van der Waals surface area contributed by atoms with Crippen molar-refractivity contribution >= 4 is 17.6 Å². The molecule has 1 aliphatic heterocycles. The van der Waals surface area contributed by atoms with Crippen molar-refractivity contribution in [3.8, 4) is 5.75 Å². The number of rotatable bonds is 7. The summed E-state index contributed by atoms with van der Waals surface area (Å²) in [7, 11) is 4.17. The fraction of sp³-hybridized carbons (Fsp3) is 0.579. The standard InChI is InChI=1S/C19H30N4O3/c1-4-20-18(24)14-26-17-7-5-6-16(12-17)21-19(25)23-10-8-15(9-11-23)13-22(2)3/h5-7,12,15H,4,8-11,13-14H2,1-3H3,(H,20,24)(H,21,25). The predicted molar refractivity (Wildman–Crippen MR) is 102 cm³/mol. The Morgan fingerprint density at radius 1 is 1.27 bits per heavy atom. The lowest BCUT2D eigenvalue weighted by atomic mass is 9.97. The molecule has 144 valence electrons. The van der Waals surface area contributed by atoms with Crippen LogP contribution in [0.15, 0.2) is 24.3 Å². The molecule has 2 N–H and O–H groups in total. The second kappa shape index (κ2) is 10.0. The third-order valence-electron chi connectivity index (χ3n) is 4.35. The monoisotopic (exact) mass is 362 g/mol. The Bertz CT molecular complexity index is 598. The molecule has 7 heteroatoms. The zero-order valence-electron chi connectivity index (χ0n) is 16.0. The van der Waals surface area contributed by atoms with E-state index in [-0.39, 0.29) is 18.5 Å². The van der Waals surface area contributed by atoms with Crippen molar-refractivity contribution in [1.82, 2.24) is 15.1 Å². The van der Waals surface area contributed by atoms with Crippen LogP contribution in [0.4, 0.5) is 10.5 Å². The Morgan fingerprint density at radius 2 is 2.00 bits per heavy atom. The molecule has 0 saturated carbocycles. The Hall–Kier alpha value is -2.28. The maximum atomic E-state index is 12.5. The number of amides is 3. The summed E-state index contributed by atoms with van der Waals surface area (Å²) in [6, 6.07) is 7.02. The van der Waals surface area contributed by atoms with Crippen molar-refractivity contribution in [2.24, 2.45) is 5.92 Å². The molecule has 1 aromatic carbocycles. The van der Waals surface area contributed by atoms with Gasteiger partial charge in [0, 0.05) is 37.9 Å². The lowest BCUT2D eigenvalue weighted by Crippen LogP contribution is -2.42. The Balaban J connectivity index is 1.82. The van der Waals surface area contributed by atoms with Gasteiger partial charge in [0.2, 0.25) is 0 Å². The molecule has 1 heterocycles. The van der Waals surface area contributed by atoms with Crippen molar-refractivity contribution in [2.75, 3.05) is 52.2 Å². The van der Waals surface area contributed by atoms with E-state index >= 15 is 0 Å². The summed E-state index contributed by atoms with van der Waals surface area (Å²) in [5.41, 5.74) is 0.666. The highest BCUT2D eigenvalue weighted by molar-refractivity contribution is 5.89. The van der Waals surface area contributed by atoms with Crippen LogP contribution >= 0.6 is 0 Å². The molecule has 0 radical (unpaired) electrons. The number of hydrogen-bond acceptors (Lipinski definition) is 4.